The molecule has 40 heavy (non-hydrogen) atoms. The molecule has 4 nitrogen and oxygen atoms in total. The molecule has 0 heterocycles. The summed E-state index contributed by atoms with van der Waals surface area (Å²) in [5.41, 5.74) is 8.12. The van der Waals surface area contributed by atoms with Crippen LogP contribution in [0.1, 0.15) is 83.5 Å². The topological polar surface area (TPSA) is 63.6 Å². The van der Waals surface area contributed by atoms with Crippen LogP contribution in [0.2, 0.25) is 0 Å². The van der Waals surface area contributed by atoms with E-state index >= 15 is 0 Å². The van der Waals surface area contributed by atoms with Crippen molar-refractivity contribution in [2.45, 2.75) is 56.0 Å². The van der Waals surface area contributed by atoms with E-state index in [4.69, 9.17) is 4.74 Å². The highest BCUT2D eigenvalue weighted by Crippen LogP contribution is 2.71. The molecule has 0 saturated heterocycles. The van der Waals surface area contributed by atoms with E-state index in [1.54, 1.807) is 0 Å². The Morgan fingerprint density at radius 2 is 1.02 bits per heavy atom. The standard InChI is InChI=1S/C36H32O4/c1-21(20-32(38)39)35-28-16-8-4-12-24(28)34(25-13-5-9-17-29(25)35)36(22(2)40-23(3)37)30-18-10-6-14-26(30)33(35)27-15-7-11-19-31(27)36/h4-19,21-22,33-34H,20H2,1-3H3,(H,38,39). The third-order valence-electron chi connectivity index (χ3n) is 10.0. The number of hydrogen-bond acceptors (Lipinski definition) is 3. The smallest absolute Gasteiger partial charge is 0.303 e. The number of esters is 1. The fraction of sp³-hybridized carbons (Fsp3) is 0.278. The van der Waals surface area contributed by atoms with Gasteiger partial charge in [-0.25, -0.2) is 0 Å². The van der Waals surface area contributed by atoms with Crippen LogP contribution in [0.15, 0.2) is 97.1 Å². The molecule has 0 spiro atoms. The van der Waals surface area contributed by atoms with Crippen LogP contribution in [0.5, 0.6) is 0 Å². The fourth-order valence-corrected chi connectivity index (χ4v) is 8.98. The van der Waals surface area contributed by atoms with Crippen molar-refractivity contribution in [3.63, 3.8) is 0 Å². The summed E-state index contributed by atoms with van der Waals surface area (Å²) in [7, 11) is 0. The lowest BCUT2D eigenvalue weighted by Crippen LogP contribution is -2.59. The zero-order chi connectivity index (χ0) is 27.8. The van der Waals surface area contributed by atoms with Gasteiger partial charge in [0.25, 0.3) is 0 Å². The average Bonchev–Trinajstić information content (AvgIpc) is 2.93. The van der Waals surface area contributed by atoms with Crippen molar-refractivity contribution in [3.8, 4) is 0 Å². The van der Waals surface area contributed by atoms with Crippen molar-refractivity contribution in [2.75, 3.05) is 0 Å². The summed E-state index contributed by atoms with van der Waals surface area (Å²) >= 11 is 0. The number of rotatable bonds is 5. The number of carbonyl (C=O) groups is 2. The van der Waals surface area contributed by atoms with E-state index in [0.29, 0.717) is 0 Å². The third-order valence-corrected chi connectivity index (χ3v) is 10.0. The molecule has 0 radical (unpaired) electrons. The first kappa shape index (κ1) is 24.8. The second-order valence-corrected chi connectivity index (χ2v) is 11.7. The van der Waals surface area contributed by atoms with Crippen molar-refractivity contribution in [1.82, 2.24) is 0 Å². The number of carbonyl (C=O) groups excluding carboxylic acids is 1. The Balaban J connectivity index is 1.75. The second-order valence-electron chi connectivity index (χ2n) is 11.7. The molecule has 4 aromatic rings. The predicted molar refractivity (Wildman–Crippen MR) is 154 cm³/mol. The molecule has 4 aromatic carbocycles. The molecule has 0 aliphatic heterocycles. The first-order valence-corrected chi connectivity index (χ1v) is 14.1. The number of hydrogen-bond donors (Lipinski definition) is 1. The fourth-order valence-electron chi connectivity index (χ4n) is 8.98. The molecule has 0 aromatic heterocycles. The number of ether oxygens (including phenoxy) is 1. The lowest BCUT2D eigenvalue weighted by Gasteiger charge is -2.63. The normalized spacial score (nSPS) is 26.3. The minimum Gasteiger partial charge on any atom is -0.481 e. The van der Waals surface area contributed by atoms with Crippen molar-refractivity contribution in [1.29, 1.82) is 0 Å². The SMILES string of the molecule is CC(=O)OC(C)C12c3ccccc3C(c3ccccc31)C1(C(C)CC(=O)O)c3ccccc3C2c2ccccc21. The van der Waals surface area contributed by atoms with Crippen LogP contribution < -0.4 is 0 Å². The Bertz CT molecular complexity index is 1460. The molecule has 0 saturated carbocycles. The van der Waals surface area contributed by atoms with E-state index < -0.39 is 22.9 Å². The highest BCUT2D eigenvalue weighted by molar-refractivity contribution is 5.76. The van der Waals surface area contributed by atoms with E-state index in [9.17, 15) is 14.7 Å². The van der Waals surface area contributed by atoms with Crippen molar-refractivity contribution < 1.29 is 19.4 Å². The van der Waals surface area contributed by atoms with Gasteiger partial charge in [0.1, 0.15) is 6.10 Å². The molecule has 6 aliphatic rings. The van der Waals surface area contributed by atoms with E-state index in [1.807, 2.05) is 6.92 Å². The molecule has 2 unspecified atom stereocenters. The number of carboxylic acid groups (broad SMARTS) is 1. The summed E-state index contributed by atoms with van der Waals surface area (Å²) < 4.78 is 6.21. The number of carboxylic acids is 1. The summed E-state index contributed by atoms with van der Waals surface area (Å²) in [6.07, 6.45) is -0.426. The van der Waals surface area contributed by atoms with Gasteiger partial charge in [0.05, 0.1) is 5.41 Å². The first-order valence-electron chi connectivity index (χ1n) is 14.1. The molecular formula is C36H32O4. The first-order chi connectivity index (χ1) is 19.3. The van der Waals surface area contributed by atoms with Crippen LogP contribution in [0.4, 0.5) is 0 Å². The van der Waals surface area contributed by atoms with Crippen LogP contribution in [-0.2, 0) is 25.2 Å². The van der Waals surface area contributed by atoms with E-state index in [-0.39, 0.29) is 30.1 Å². The maximum atomic E-state index is 12.6. The lowest BCUT2D eigenvalue weighted by molar-refractivity contribution is -0.148. The molecule has 2 atom stereocenters. The van der Waals surface area contributed by atoms with Gasteiger partial charge in [-0.2, -0.15) is 0 Å². The summed E-state index contributed by atoms with van der Waals surface area (Å²) in [5, 5.41) is 10.2. The molecule has 6 aliphatic carbocycles. The van der Waals surface area contributed by atoms with Gasteiger partial charge in [0.15, 0.2) is 0 Å². The Morgan fingerprint density at radius 3 is 1.40 bits per heavy atom. The minimum absolute atomic E-state index is 0.0448. The van der Waals surface area contributed by atoms with Gasteiger partial charge in [0.2, 0.25) is 0 Å². The highest BCUT2D eigenvalue weighted by Gasteiger charge is 2.65. The summed E-state index contributed by atoms with van der Waals surface area (Å²) in [4.78, 5) is 25.0. The van der Waals surface area contributed by atoms with E-state index in [0.717, 1.165) is 11.1 Å². The quantitative estimate of drug-likeness (QED) is 0.286. The summed E-state index contributed by atoms with van der Waals surface area (Å²) in [6, 6.07) is 34.4. The van der Waals surface area contributed by atoms with Crippen molar-refractivity contribution in [2.24, 2.45) is 5.92 Å². The molecule has 0 fully saturated rings. The zero-order valence-electron chi connectivity index (χ0n) is 22.9. The Morgan fingerprint density at radius 1 is 0.675 bits per heavy atom. The van der Waals surface area contributed by atoms with Crippen LogP contribution in [-0.4, -0.2) is 23.1 Å². The minimum atomic E-state index is -0.795. The Labute approximate surface area is 234 Å². The summed E-state index contributed by atoms with van der Waals surface area (Å²) in [6.45, 7) is 5.64. The maximum absolute atomic E-state index is 12.6. The molecule has 0 amide bonds. The molecular weight excluding hydrogens is 496 g/mol. The predicted octanol–water partition coefficient (Wildman–Crippen LogP) is 6.93. The van der Waals surface area contributed by atoms with Gasteiger partial charge in [-0.05, 0) is 57.3 Å². The Hall–Kier alpha value is -4.18. The van der Waals surface area contributed by atoms with E-state index in [1.165, 1.54) is 40.3 Å². The summed E-state index contributed by atoms with van der Waals surface area (Å²) in [5.74, 6) is -1.59. The van der Waals surface area contributed by atoms with Gasteiger partial charge in [-0.1, -0.05) is 104 Å². The van der Waals surface area contributed by atoms with Gasteiger partial charge in [-0.3, -0.25) is 9.59 Å². The molecule has 10 rings (SSSR count). The van der Waals surface area contributed by atoms with Crippen LogP contribution in [0.25, 0.3) is 0 Å². The lowest BCUT2D eigenvalue weighted by atomic mass is 9.40. The largest absolute Gasteiger partial charge is 0.481 e. The molecule has 4 bridgehead atoms. The van der Waals surface area contributed by atoms with Crippen molar-refractivity contribution >= 4 is 11.9 Å². The monoisotopic (exact) mass is 528 g/mol. The van der Waals surface area contributed by atoms with Crippen LogP contribution in [0, 0.1) is 5.92 Å². The average molecular weight is 529 g/mol. The zero-order valence-corrected chi connectivity index (χ0v) is 22.9. The van der Waals surface area contributed by atoms with Gasteiger partial charge < -0.3 is 9.84 Å². The van der Waals surface area contributed by atoms with Crippen LogP contribution >= 0.6 is 0 Å². The van der Waals surface area contributed by atoms with Crippen LogP contribution in [0.3, 0.4) is 0 Å². The molecule has 4 heteroatoms. The number of aliphatic carboxylic acids is 1. The van der Waals surface area contributed by atoms with E-state index in [2.05, 4.69) is 104 Å². The molecule has 1 N–H and O–H groups in total. The van der Waals surface area contributed by atoms with Gasteiger partial charge in [0, 0.05) is 30.6 Å². The van der Waals surface area contributed by atoms with Gasteiger partial charge in [-0.15, -0.1) is 0 Å². The number of benzene rings is 4. The third kappa shape index (κ3) is 2.91. The van der Waals surface area contributed by atoms with Gasteiger partial charge >= 0.3 is 11.9 Å². The maximum Gasteiger partial charge on any atom is 0.303 e. The highest BCUT2D eigenvalue weighted by atomic mass is 16.5. The second kappa shape index (κ2) is 8.66. The van der Waals surface area contributed by atoms with Crippen molar-refractivity contribution in [3.05, 3.63) is 142 Å². The Kier molecular flexibility index (Phi) is 5.38. The molecule has 200 valence electrons.